The second-order valence-corrected chi connectivity index (χ2v) is 7.90. The molecular formula is C18H19IN2OS. The molecule has 120 valence electrons. The molecule has 0 aliphatic rings. The van der Waals surface area contributed by atoms with Crippen molar-refractivity contribution in [3.05, 3.63) is 63.2 Å². The Morgan fingerprint density at radius 2 is 1.57 bits per heavy atom. The van der Waals surface area contributed by atoms with Gasteiger partial charge in [0.1, 0.15) is 0 Å². The van der Waals surface area contributed by atoms with Crippen molar-refractivity contribution in [2.24, 2.45) is 0 Å². The minimum atomic E-state index is -0.214. The van der Waals surface area contributed by atoms with Crippen molar-refractivity contribution in [3.8, 4) is 0 Å². The summed E-state index contributed by atoms with van der Waals surface area (Å²) in [6.07, 6.45) is 0. The number of hydrogen-bond donors (Lipinski definition) is 2. The maximum absolute atomic E-state index is 12.2. The van der Waals surface area contributed by atoms with Crippen LogP contribution in [0.2, 0.25) is 0 Å². The Kier molecular flexibility index (Phi) is 5.75. The van der Waals surface area contributed by atoms with Crippen LogP contribution in [0.4, 0.5) is 5.69 Å². The summed E-state index contributed by atoms with van der Waals surface area (Å²) < 4.78 is 1.14. The van der Waals surface area contributed by atoms with E-state index in [4.69, 9.17) is 12.2 Å². The molecule has 1 amide bonds. The third-order valence-electron chi connectivity index (χ3n) is 3.34. The quantitative estimate of drug-likeness (QED) is 0.527. The van der Waals surface area contributed by atoms with E-state index in [0.717, 1.165) is 9.26 Å². The summed E-state index contributed by atoms with van der Waals surface area (Å²) in [6, 6.07) is 15.4. The van der Waals surface area contributed by atoms with Crippen molar-refractivity contribution in [1.82, 2.24) is 5.32 Å². The lowest BCUT2D eigenvalue weighted by Gasteiger charge is -2.19. The molecular weight excluding hydrogens is 419 g/mol. The van der Waals surface area contributed by atoms with Gasteiger partial charge in [0.25, 0.3) is 5.91 Å². The van der Waals surface area contributed by atoms with Gasteiger partial charge in [-0.05, 0) is 82.2 Å². The number of halogens is 1. The van der Waals surface area contributed by atoms with Crippen molar-refractivity contribution in [3.63, 3.8) is 0 Å². The number of hydrogen-bond acceptors (Lipinski definition) is 2. The molecule has 2 N–H and O–H groups in total. The summed E-state index contributed by atoms with van der Waals surface area (Å²) in [5.41, 5.74) is 2.69. The summed E-state index contributed by atoms with van der Waals surface area (Å²) in [4.78, 5) is 12.2. The maximum atomic E-state index is 12.2. The molecule has 0 heterocycles. The molecule has 0 spiro atoms. The van der Waals surface area contributed by atoms with Crippen molar-refractivity contribution >= 4 is 51.5 Å². The highest BCUT2D eigenvalue weighted by Gasteiger charge is 2.14. The predicted molar refractivity (Wildman–Crippen MR) is 108 cm³/mol. The fraction of sp³-hybridized carbons (Fsp3) is 0.222. The first kappa shape index (κ1) is 17.9. The molecule has 2 aromatic rings. The minimum Gasteiger partial charge on any atom is -0.332 e. The fourth-order valence-corrected chi connectivity index (χ4v) is 2.56. The van der Waals surface area contributed by atoms with Gasteiger partial charge in [-0.25, -0.2) is 0 Å². The van der Waals surface area contributed by atoms with Crippen LogP contribution in [-0.2, 0) is 5.41 Å². The zero-order valence-electron chi connectivity index (χ0n) is 13.3. The Balaban J connectivity index is 1.98. The van der Waals surface area contributed by atoms with Crippen LogP contribution in [0.5, 0.6) is 0 Å². The van der Waals surface area contributed by atoms with E-state index in [0.29, 0.717) is 5.56 Å². The number of nitrogens with one attached hydrogen (secondary N) is 2. The molecule has 5 heteroatoms. The van der Waals surface area contributed by atoms with E-state index < -0.39 is 0 Å². The van der Waals surface area contributed by atoms with Crippen LogP contribution < -0.4 is 10.6 Å². The molecule has 0 aliphatic carbocycles. The predicted octanol–water partition coefficient (Wildman–Crippen LogP) is 4.72. The van der Waals surface area contributed by atoms with E-state index in [1.165, 1.54) is 5.56 Å². The lowest BCUT2D eigenvalue weighted by Crippen LogP contribution is -2.34. The molecule has 2 rings (SSSR count). The summed E-state index contributed by atoms with van der Waals surface area (Å²) in [5.74, 6) is -0.214. The van der Waals surface area contributed by atoms with E-state index in [1.54, 1.807) is 0 Å². The van der Waals surface area contributed by atoms with Crippen LogP contribution in [0.15, 0.2) is 48.5 Å². The van der Waals surface area contributed by atoms with Gasteiger partial charge in [0.2, 0.25) is 0 Å². The highest BCUT2D eigenvalue weighted by atomic mass is 127. The standard InChI is InChI=1S/C18H19IN2OS/c1-18(2,3)13-6-4-12(5-7-13)16(22)21-17(23)20-15-10-8-14(19)9-11-15/h4-11H,1-3H3,(H2,20,21,22,23). The molecule has 0 aromatic heterocycles. The zero-order chi connectivity index (χ0) is 17.0. The van der Waals surface area contributed by atoms with Crippen molar-refractivity contribution in [2.75, 3.05) is 5.32 Å². The van der Waals surface area contributed by atoms with Gasteiger partial charge >= 0.3 is 0 Å². The second-order valence-electron chi connectivity index (χ2n) is 6.24. The number of anilines is 1. The third-order valence-corrected chi connectivity index (χ3v) is 4.27. The number of carbonyl (C=O) groups excluding carboxylic acids is 1. The van der Waals surface area contributed by atoms with E-state index in [9.17, 15) is 4.79 Å². The Bertz CT molecular complexity index is 703. The summed E-state index contributed by atoms with van der Waals surface area (Å²) in [6.45, 7) is 6.42. The Morgan fingerprint density at radius 1 is 1.00 bits per heavy atom. The highest BCUT2D eigenvalue weighted by Crippen LogP contribution is 2.22. The average molecular weight is 438 g/mol. The molecule has 2 aromatic carbocycles. The molecule has 0 atom stereocenters. The first-order chi connectivity index (χ1) is 10.8. The molecule has 0 radical (unpaired) electrons. The van der Waals surface area contributed by atoms with Gasteiger partial charge in [0.15, 0.2) is 5.11 Å². The molecule has 0 aliphatic heterocycles. The molecule has 0 saturated heterocycles. The molecule has 23 heavy (non-hydrogen) atoms. The second kappa shape index (κ2) is 7.40. The van der Waals surface area contributed by atoms with Crippen LogP contribution in [-0.4, -0.2) is 11.0 Å². The smallest absolute Gasteiger partial charge is 0.257 e. The van der Waals surface area contributed by atoms with E-state index in [1.807, 2.05) is 48.5 Å². The maximum Gasteiger partial charge on any atom is 0.257 e. The van der Waals surface area contributed by atoms with Gasteiger partial charge in [-0.2, -0.15) is 0 Å². The van der Waals surface area contributed by atoms with E-state index in [-0.39, 0.29) is 16.4 Å². The average Bonchev–Trinajstić information content (AvgIpc) is 2.49. The van der Waals surface area contributed by atoms with Gasteiger partial charge in [-0.1, -0.05) is 32.9 Å². The normalized spacial score (nSPS) is 11.0. The lowest BCUT2D eigenvalue weighted by atomic mass is 9.87. The molecule has 0 fully saturated rings. The van der Waals surface area contributed by atoms with Crippen molar-refractivity contribution < 1.29 is 4.79 Å². The monoisotopic (exact) mass is 438 g/mol. The van der Waals surface area contributed by atoms with Crippen LogP contribution in [0, 0.1) is 3.57 Å². The lowest BCUT2D eigenvalue weighted by molar-refractivity contribution is 0.0977. The van der Waals surface area contributed by atoms with Crippen LogP contribution in [0.1, 0.15) is 36.7 Å². The first-order valence-corrected chi connectivity index (χ1v) is 8.73. The van der Waals surface area contributed by atoms with Gasteiger partial charge in [-0.15, -0.1) is 0 Å². The first-order valence-electron chi connectivity index (χ1n) is 7.24. The molecule has 3 nitrogen and oxygen atoms in total. The largest absolute Gasteiger partial charge is 0.332 e. The van der Waals surface area contributed by atoms with E-state index >= 15 is 0 Å². The molecule has 0 unspecified atom stereocenters. The molecule has 0 bridgehead atoms. The Hall–Kier alpha value is -1.47. The van der Waals surface area contributed by atoms with E-state index in [2.05, 4.69) is 54.0 Å². The zero-order valence-corrected chi connectivity index (χ0v) is 16.3. The number of carbonyl (C=O) groups is 1. The minimum absolute atomic E-state index is 0.0662. The van der Waals surface area contributed by atoms with Crippen molar-refractivity contribution in [1.29, 1.82) is 0 Å². The number of thiocarbonyl (C=S) groups is 1. The summed E-state index contributed by atoms with van der Waals surface area (Å²) >= 11 is 7.42. The summed E-state index contributed by atoms with van der Waals surface area (Å²) in [7, 11) is 0. The molecule has 0 saturated carbocycles. The topological polar surface area (TPSA) is 41.1 Å². The van der Waals surface area contributed by atoms with Gasteiger partial charge in [0.05, 0.1) is 0 Å². The van der Waals surface area contributed by atoms with Gasteiger partial charge < -0.3 is 5.32 Å². The summed E-state index contributed by atoms with van der Waals surface area (Å²) in [5, 5.41) is 5.99. The van der Waals surface area contributed by atoms with Gasteiger partial charge in [0, 0.05) is 14.8 Å². The van der Waals surface area contributed by atoms with Crippen LogP contribution in [0.25, 0.3) is 0 Å². The van der Waals surface area contributed by atoms with Gasteiger partial charge in [-0.3, -0.25) is 10.1 Å². The Labute approximate surface area is 156 Å². The number of benzene rings is 2. The highest BCUT2D eigenvalue weighted by molar-refractivity contribution is 14.1. The van der Waals surface area contributed by atoms with Crippen molar-refractivity contribution in [2.45, 2.75) is 26.2 Å². The fourth-order valence-electron chi connectivity index (χ4n) is 1.99. The number of amides is 1. The third kappa shape index (κ3) is 5.28. The SMILES string of the molecule is CC(C)(C)c1ccc(C(=O)NC(=S)Nc2ccc(I)cc2)cc1. The number of rotatable bonds is 2. The van der Waals surface area contributed by atoms with Crippen LogP contribution >= 0.6 is 34.8 Å². The van der Waals surface area contributed by atoms with Crippen LogP contribution in [0.3, 0.4) is 0 Å². The Morgan fingerprint density at radius 3 is 2.09 bits per heavy atom.